The van der Waals surface area contributed by atoms with Crippen LogP contribution in [0.2, 0.25) is 0 Å². The number of nitrogens with two attached hydrogens (primary N) is 1. The van der Waals surface area contributed by atoms with Gasteiger partial charge in [0.05, 0.1) is 6.04 Å². The molecule has 0 saturated heterocycles. The fraction of sp³-hybridized carbons (Fsp3) is 0.312. The molecule has 3 N–H and O–H groups in total. The molecule has 0 spiro atoms. The minimum absolute atomic E-state index is 0.0209. The lowest BCUT2D eigenvalue weighted by Crippen LogP contribution is -2.29. The van der Waals surface area contributed by atoms with Crippen molar-refractivity contribution in [2.24, 2.45) is 5.84 Å². The molecule has 0 fully saturated rings. The number of benzene rings is 1. The maximum atomic E-state index is 5.75. The van der Waals surface area contributed by atoms with Crippen molar-refractivity contribution in [3.63, 3.8) is 0 Å². The molecule has 0 radical (unpaired) electrons. The van der Waals surface area contributed by atoms with Crippen LogP contribution in [0.15, 0.2) is 30.3 Å². The number of aryl methyl sites for hydroxylation is 4. The van der Waals surface area contributed by atoms with E-state index in [0.29, 0.717) is 0 Å². The number of hydrogen-bond acceptors (Lipinski definition) is 3. The Bertz CT molecular complexity index is 591. The van der Waals surface area contributed by atoms with Crippen molar-refractivity contribution in [1.29, 1.82) is 0 Å². The third kappa shape index (κ3) is 2.83. The summed E-state index contributed by atoms with van der Waals surface area (Å²) in [5.41, 5.74) is 9.79. The van der Waals surface area contributed by atoms with Gasteiger partial charge in [0.1, 0.15) is 0 Å². The van der Waals surface area contributed by atoms with Crippen molar-refractivity contribution < 1.29 is 0 Å². The summed E-state index contributed by atoms with van der Waals surface area (Å²) in [7, 11) is 0. The number of nitrogens with one attached hydrogen (secondary N) is 1. The highest BCUT2D eigenvalue weighted by Gasteiger charge is 2.15. The fourth-order valence-corrected chi connectivity index (χ4v) is 2.31. The molecule has 0 aliphatic heterocycles. The van der Waals surface area contributed by atoms with Crippen LogP contribution in [-0.2, 0) is 0 Å². The predicted octanol–water partition coefficient (Wildman–Crippen LogP) is 2.87. The van der Waals surface area contributed by atoms with Gasteiger partial charge in [-0.05, 0) is 56.0 Å². The van der Waals surface area contributed by atoms with Crippen molar-refractivity contribution in [3.8, 4) is 0 Å². The lowest BCUT2D eigenvalue weighted by molar-refractivity contribution is 0.629. The van der Waals surface area contributed by atoms with Crippen molar-refractivity contribution in [2.45, 2.75) is 33.7 Å². The number of aromatic nitrogens is 1. The average molecular weight is 255 g/mol. The SMILES string of the molecule is Cc1ccc(C(NN)c2ccc(C)c(C)c2)c(C)n1. The molecule has 2 aromatic rings. The van der Waals surface area contributed by atoms with E-state index in [-0.39, 0.29) is 6.04 Å². The Morgan fingerprint density at radius 3 is 2.32 bits per heavy atom. The van der Waals surface area contributed by atoms with Crippen LogP contribution in [0, 0.1) is 27.7 Å². The molecule has 1 atom stereocenters. The number of nitrogens with zero attached hydrogens (tertiary/aromatic N) is 1. The van der Waals surface area contributed by atoms with E-state index in [4.69, 9.17) is 5.84 Å². The summed E-state index contributed by atoms with van der Waals surface area (Å²) in [6.07, 6.45) is 0. The number of hydrogen-bond donors (Lipinski definition) is 2. The van der Waals surface area contributed by atoms with Crippen molar-refractivity contribution in [3.05, 3.63) is 64.0 Å². The van der Waals surface area contributed by atoms with Gasteiger partial charge in [0.25, 0.3) is 0 Å². The van der Waals surface area contributed by atoms with Crippen LogP contribution < -0.4 is 11.3 Å². The molecule has 100 valence electrons. The summed E-state index contributed by atoms with van der Waals surface area (Å²) in [6, 6.07) is 10.5. The molecular formula is C16H21N3. The van der Waals surface area contributed by atoms with Gasteiger partial charge in [0, 0.05) is 11.4 Å². The van der Waals surface area contributed by atoms with Crippen LogP contribution in [0.5, 0.6) is 0 Å². The van der Waals surface area contributed by atoms with Crippen molar-refractivity contribution in [1.82, 2.24) is 10.4 Å². The van der Waals surface area contributed by atoms with E-state index in [1.54, 1.807) is 0 Å². The molecule has 1 aromatic carbocycles. The highest BCUT2D eigenvalue weighted by molar-refractivity contribution is 5.38. The molecule has 0 saturated carbocycles. The zero-order chi connectivity index (χ0) is 14.0. The zero-order valence-electron chi connectivity index (χ0n) is 12.0. The molecule has 0 aliphatic rings. The summed E-state index contributed by atoms with van der Waals surface area (Å²) in [4.78, 5) is 4.51. The standard InChI is InChI=1S/C16H21N3/c1-10-5-7-14(9-11(10)2)16(19-17)15-8-6-12(3)18-13(15)4/h5-9,16,19H,17H2,1-4H3. The third-order valence-corrected chi connectivity index (χ3v) is 3.61. The number of pyridine rings is 1. The molecule has 0 bridgehead atoms. The summed E-state index contributed by atoms with van der Waals surface area (Å²) >= 11 is 0. The van der Waals surface area contributed by atoms with Crippen LogP contribution in [0.25, 0.3) is 0 Å². The van der Waals surface area contributed by atoms with E-state index in [1.165, 1.54) is 16.7 Å². The van der Waals surface area contributed by atoms with Crippen LogP contribution in [-0.4, -0.2) is 4.98 Å². The van der Waals surface area contributed by atoms with Gasteiger partial charge >= 0.3 is 0 Å². The second-order valence-electron chi connectivity index (χ2n) is 5.07. The van der Waals surface area contributed by atoms with Crippen LogP contribution in [0.4, 0.5) is 0 Å². The molecule has 1 aromatic heterocycles. The van der Waals surface area contributed by atoms with E-state index < -0.39 is 0 Å². The summed E-state index contributed by atoms with van der Waals surface area (Å²) in [5, 5.41) is 0. The molecule has 3 nitrogen and oxygen atoms in total. The first-order valence-corrected chi connectivity index (χ1v) is 6.50. The zero-order valence-corrected chi connectivity index (χ0v) is 12.0. The van der Waals surface area contributed by atoms with E-state index in [0.717, 1.165) is 17.0 Å². The monoisotopic (exact) mass is 255 g/mol. The Labute approximate surface area is 114 Å². The van der Waals surface area contributed by atoms with Gasteiger partial charge in [-0.1, -0.05) is 24.3 Å². The van der Waals surface area contributed by atoms with Crippen molar-refractivity contribution in [2.75, 3.05) is 0 Å². The fourth-order valence-electron chi connectivity index (χ4n) is 2.31. The lowest BCUT2D eigenvalue weighted by Gasteiger charge is -2.19. The van der Waals surface area contributed by atoms with E-state index in [9.17, 15) is 0 Å². The van der Waals surface area contributed by atoms with Gasteiger partial charge in [0.15, 0.2) is 0 Å². The maximum absolute atomic E-state index is 5.75. The quantitative estimate of drug-likeness (QED) is 0.655. The van der Waals surface area contributed by atoms with Crippen LogP contribution in [0.3, 0.4) is 0 Å². The molecule has 1 heterocycles. The van der Waals surface area contributed by atoms with Gasteiger partial charge < -0.3 is 0 Å². The average Bonchev–Trinajstić information content (AvgIpc) is 2.37. The lowest BCUT2D eigenvalue weighted by atomic mass is 9.95. The molecule has 0 aliphatic carbocycles. The molecule has 1 unspecified atom stereocenters. The third-order valence-electron chi connectivity index (χ3n) is 3.61. The van der Waals surface area contributed by atoms with Crippen molar-refractivity contribution >= 4 is 0 Å². The summed E-state index contributed by atoms with van der Waals surface area (Å²) in [6.45, 7) is 8.25. The van der Waals surface area contributed by atoms with E-state index in [1.807, 2.05) is 19.9 Å². The Balaban J connectivity index is 2.46. The summed E-state index contributed by atoms with van der Waals surface area (Å²) in [5.74, 6) is 5.75. The number of hydrazine groups is 1. The maximum Gasteiger partial charge on any atom is 0.0727 e. The first-order chi connectivity index (χ1) is 9.02. The second kappa shape index (κ2) is 5.51. The Kier molecular flexibility index (Phi) is 3.98. The van der Waals surface area contributed by atoms with Gasteiger partial charge in [-0.25, -0.2) is 5.43 Å². The largest absolute Gasteiger partial charge is 0.271 e. The molecule has 2 rings (SSSR count). The molecular weight excluding hydrogens is 234 g/mol. The minimum Gasteiger partial charge on any atom is -0.271 e. The van der Waals surface area contributed by atoms with E-state index in [2.05, 4.69) is 48.5 Å². The second-order valence-corrected chi connectivity index (χ2v) is 5.07. The first-order valence-electron chi connectivity index (χ1n) is 6.50. The highest BCUT2D eigenvalue weighted by Crippen LogP contribution is 2.25. The molecule has 3 heteroatoms. The molecule has 19 heavy (non-hydrogen) atoms. The van der Waals surface area contributed by atoms with Gasteiger partial charge in [0.2, 0.25) is 0 Å². The highest BCUT2D eigenvalue weighted by atomic mass is 15.2. The first kappa shape index (κ1) is 13.7. The Morgan fingerprint density at radius 2 is 1.74 bits per heavy atom. The van der Waals surface area contributed by atoms with Gasteiger partial charge in [-0.3, -0.25) is 10.8 Å². The normalized spacial score (nSPS) is 12.5. The van der Waals surface area contributed by atoms with Crippen LogP contribution in [0.1, 0.15) is 39.7 Å². The minimum atomic E-state index is -0.0209. The number of rotatable bonds is 3. The Hall–Kier alpha value is -1.71. The topological polar surface area (TPSA) is 50.9 Å². The Morgan fingerprint density at radius 1 is 1.00 bits per heavy atom. The summed E-state index contributed by atoms with van der Waals surface area (Å²) < 4.78 is 0. The smallest absolute Gasteiger partial charge is 0.0727 e. The van der Waals surface area contributed by atoms with Gasteiger partial charge in [-0.2, -0.15) is 0 Å². The molecule has 0 amide bonds. The predicted molar refractivity (Wildman–Crippen MR) is 78.8 cm³/mol. The van der Waals surface area contributed by atoms with Gasteiger partial charge in [-0.15, -0.1) is 0 Å². The van der Waals surface area contributed by atoms with Crippen LogP contribution >= 0.6 is 0 Å². The van der Waals surface area contributed by atoms with E-state index >= 15 is 0 Å².